The SMILES string of the molecule is CN1C=CS(S)(c2cc(Cl)c(NC3CCC4C(C3)C4(Cl)Cl)cc2F)N1. The van der Waals surface area contributed by atoms with Gasteiger partial charge < -0.3 is 10.3 Å². The molecule has 1 heterocycles. The maximum atomic E-state index is 14.8. The summed E-state index contributed by atoms with van der Waals surface area (Å²) in [6.45, 7) is 0. The number of rotatable bonds is 3. The van der Waals surface area contributed by atoms with Gasteiger partial charge in [-0.25, -0.2) is 4.39 Å². The van der Waals surface area contributed by atoms with E-state index in [0.717, 1.165) is 19.3 Å². The van der Waals surface area contributed by atoms with Gasteiger partial charge in [0.05, 0.1) is 15.6 Å². The number of thiol groups is 1. The van der Waals surface area contributed by atoms with Crippen LogP contribution in [0.25, 0.3) is 0 Å². The Balaban J connectivity index is 1.52. The fraction of sp³-hybridized carbons (Fsp3) is 0.500. The normalized spacial score (nSPS) is 38.2. The van der Waals surface area contributed by atoms with E-state index in [4.69, 9.17) is 34.8 Å². The van der Waals surface area contributed by atoms with Crippen LogP contribution in [-0.4, -0.2) is 22.4 Å². The first-order valence-electron chi connectivity index (χ1n) is 8.08. The standard InChI is InChI=1S/C16H19Cl3FN3S2/c1-23-4-5-25(24,22-23)15-7-12(17)14(8-13(15)20)21-9-2-3-10-11(6-9)16(10,18)19/h4-5,7-11,21-22,24H,2-3,6H2,1H3. The summed E-state index contributed by atoms with van der Waals surface area (Å²) in [4.78, 5) is 3.63. The Hall–Kier alpha value is 0.0200. The van der Waals surface area contributed by atoms with E-state index in [1.54, 1.807) is 11.1 Å². The second-order valence-electron chi connectivity index (χ2n) is 6.92. The third-order valence-corrected chi connectivity index (χ3v) is 9.91. The Kier molecular flexibility index (Phi) is 4.62. The van der Waals surface area contributed by atoms with Crippen molar-refractivity contribution in [1.29, 1.82) is 0 Å². The molecule has 2 aliphatic carbocycles. The van der Waals surface area contributed by atoms with Crippen molar-refractivity contribution in [3.8, 4) is 0 Å². The van der Waals surface area contributed by atoms with Gasteiger partial charge in [0.2, 0.25) is 0 Å². The molecule has 4 atom stereocenters. The third kappa shape index (κ3) is 3.23. The van der Waals surface area contributed by atoms with E-state index in [0.29, 0.717) is 27.4 Å². The van der Waals surface area contributed by atoms with Crippen LogP contribution in [0.3, 0.4) is 0 Å². The number of halogens is 4. The number of fused-ring (bicyclic) bond motifs is 1. The van der Waals surface area contributed by atoms with Gasteiger partial charge in [-0.15, -0.1) is 34.9 Å². The molecule has 1 aliphatic heterocycles. The smallest absolute Gasteiger partial charge is 0.139 e. The van der Waals surface area contributed by atoms with Crippen molar-refractivity contribution in [3.63, 3.8) is 0 Å². The summed E-state index contributed by atoms with van der Waals surface area (Å²) in [5.41, 5.74) is 0.605. The molecule has 0 bridgehead atoms. The van der Waals surface area contributed by atoms with E-state index >= 15 is 0 Å². The van der Waals surface area contributed by atoms with Gasteiger partial charge in [0.15, 0.2) is 0 Å². The fourth-order valence-corrected chi connectivity index (χ4v) is 7.74. The van der Waals surface area contributed by atoms with Crippen molar-refractivity contribution in [2.24, 2.45) is 11.8 Å². The number of hydrazine groups is 1. The van der Waals surface area contributed by atoms with Crippen molar-refractivity contribution in [2.75, 3.05) is 12.4 Å². The van der Waals surface area contributed by atoms with Gasteiger partial charge in [-0.3, -0.25) is 0 Å². The monoisotopic (exact) mass is 441 g/mol. The minimum absolute atomic E-state index is 0.205. The summed E-state index contributed by atoms with van der Waals surface area (Å²) in [5, 5.41) is 7.49. The maximum Gasteiger partial charge on any atom is 0.139 e. The molecule has 4 rings (SSSR count). The molecular formula is C16H19Cl3FN3S2. The molecule has 0 aromatic heterocycles. The highest BCUT2D eigenvalue weighted by atomic mass is 35.5. The van der Waals surface area contributed by atoms with Crippen LogP contribution in [-0.2, 0) is 0 Å². The number of anilines is 1. The van der Waals surface area contributed by atoms with E-state index in [1.807, 2.05) is 18.7 Å². The molecule has 2 N–H and O–H groups in total. The summed E-state index contributed by atoms with van der Waals surface area (Å²) < 4.78 is 14.2. The second-order valence-corrected chi connectivity index (χ2v) is 12.6. The Labute approximate surface area is 168 Å². The summed E-state index contributed by atoms with van der Waals surface area (Å²) >= 11 is 23.7. The van der Waals surface area contributed by atoms with Crippen molar-refractivity contribution in [1.82, 2.24) is 9.84 Å². The van der Waals surface area contributed by atoms with Crippen molar-refractivity contribution in [2.45, 2.75) is 34.5 Å². The molecule has 2 saturated carbocycles. The molecule has 0 amide bonds. The lowest BCUT2D eigenvalue weighted by molar-refractivity contribution is 0.440. The lowest BCUT2D eigenvalue weighted by Crippen LogP contribution is -2.25. The van der Waals surface area contributed by atoms with Gasteiger partial charge in [-0.1, -0.05) is 20.8 Å². The predicted molar refractivity (Wildman–Crippen MR) is 109 cm³/mol. The molecular weight excluding hydrogens is 424 g/mol. The highest BCUT2D eigenvalue weighted by molar-refractivity contribution is 8.88. The third-order valence-electron chi connectivity index (χ3n) is 5.21. The average molecular weight is 443 g/mol. The number of hydrogen-bond donors (Lipinski definition) is 3. The van der Waals surface area contributed by atoms with Crippen LogP contribution in [0, 0.1) is 17.7 Å². The van der Waals surface area contributed by atoms with Gasteiger partial charge >= 0.3 is 0 Å². The Bertz CT molecular complexity index is 748. The lowest BCUT2D eigenvalue weighted by Gasteiger charge is -2.31. The zero-order valence-corrected chi connectivity index (χ0v) is 17.5. The van der Waals surface area contributed by atoms with E-state index in [1.165, 1.54) is 6.07 Å². The van der Waals surface area contributed by atoms with Crippen LogP contribution >= 0.6 is 55.7 Å². The zero-order chi connectivity index (χ0) is 18.0. The number of alkyl halides is 2. The Morgan fingerprint density at radius 1 is 1.36 bits per heavy atom. The highest BCUT2D eigenvalue weighted by Crippen LogP contribution is 2.65. The average Bonchev–Trinajstić information content (AvgIpc) is 2.89. The predicted octanol–water partition coefficient (Wildman–Crippen LogP) is 5.71. The summed E-state index contributed by atoms with van der Waals surface area (Å²) in [5.74, 6) is 0.389. The van der Waals surface area contributed by atoms with E-state index in [9.17, 15) is 4.39 Å². The fourth-order valence-electron chi connectivity index (χ4n) is 3.79. The molecule has 3 aliphatic rings. The first-order chi connectivity index (χ1) is 11.7. The number of nitrogens with zero attached hydrogens (tertiary/aromatic N) is 1. The Morgan fingerprint density at radius 2 is 2.12 bits per heavy atom. The highest BCUT2D eigenvalue weighted by Gasteiger charge is 2.64. The number of hydrogen-bond acceptors (Lipinski definition) is 4. The quantitative estimate of drug-likeness (QED) is 0.318. The largest absolute Gasteiger partial charge is 0.381 e. The van der Waals surface area contributed by atoms with Gasteiger partial charge in [-0.05, 0) is 48.6 Å². The van der Waals surface area contributed by atoms with Crippen LogP contribution in [0.4, 0.5) is 10.1 Å². The summed E-state index contributed by atoms with van der Waals surface area (Å²) in [6.07, 6.45) is 4.66. The van der Waals surface area contributed by atoms with Crippen LogP contribution in [0.5, 0.6) is 0 Å². The lowest BCUT2D eigenvalue weighted by atomic mass is 9.95. The first-order valence-corrected chi connectivity index (χ1v) is 12.0. The van der Waals surface area contributed by atoms with Crippen molar-refractivity contribution < 1.29 is 4.39 Å². The molecule has 25 heavy (non-hydrogen) atoms. The topological polar surface area (TPSA) is 27.3 Å². The minimum Gasteiger partial charge on any atom is -0.381 e. The van der Waals surface area contributed by atoms with Gasteiger partial charge in [0.1, 0.15) is 10.2 Å². The molecule has 1 aromatic carbocycles. The van der Waals surface area contributed by atoms with E-state index in [2.05, 4.69) is 21.8 Å². The van der Waals surface area contributed by atoms with E-state index < -0.39 is 13.6 Å². The molecule has 2 fully saturated rings. The van der Waals surface area contributed by atoms with Crippen LogP contribution in [0.15, 0.2) is 28.6 Å². The van der Waals surface area contributed by atoms with Crippen molar-refractivity contribution in [3.05, 3.63) is 34.6 Å². The van der Waals surface area contributed by atoms with E-state index in [-0.39, 0.29) is 11.9 Å². The molecule has 138 valence electrons. The molecule has 0 radical (unpaired) electrons. The van der Waals surface area contributed by atoms with Crippen LogP contribution < -0.4 is 10.1 Å². The zero-order valence-electron chi connectivity index (χ0n) is 13.5. The number of nitrogens with one attached hydrogen (secondary N) is 2. The van der Waals surface area contributed by atoms with Gasteiger partial charge in [0, 0.05) is 19.3 Å². The summed E-state index contributed by atoms with van der Waals surface area (Å²) in [6, 6.07) is 3.33. The van der Waals surface area contributed by atoms with Crippen LogP contribution in [0.1, 0.15) is 19.3 Å². The van der Waals surface area contributed by atoms with Gasteiger partial charge in [-0.2, -0.15) is 4.83 Å². The molecule has 0 spiro atoms. The van der Waals surface area contributed by atoms with Crippen LogP contribution in [0.2, 0.25) is 5.02 Å². The second kappa shape index (κ2) is 6.28. The Morgan fingerprint density at radius 3 is 2.76 bits per heavy atom. The minimum atomic E-state index is -1.88. The summed E-state index contributed by atoms with van der Waals surface area (Å²) in [7, 11) is -0.0383. The maximum absolute atomic E-state index is 14.8. The van der Waals surface area contributed by atoms with Gasteiger partial charge in [0.25, 0.3) is 0 Å². The molecule has 0 saturated heterocycles. The first kappa shape index (κ1) is 18.4. The van der Waals surface area contributed by atoms with Crippen molar-refractivity contribution >= 4 is 61.4 Å². The molecule has 4 unspecified atom stereocenters. The molecule has 9 heteroatoms. The molecule has 1 aromatic rings. The molecule has 3 nitrogen and oxygen atoms in total. The number of benzene rings is 1.